The van der Waals surface area contributed by atoms with Crippen molar-refractivity contribution in [2.75, 3.05) is 6.61 Å². The van der Waals surface area contributed by atoms with Crippen molar-refractivity contribution >= 4 is 0 Å². The molecular formula is C9H11FN2O6. The molecule has 2 rings (SSSR count). The van der Waals surface area contributed by atoms with Crippen molar-refractivity contribution < 1.29 is 24.4 Å². The minimum Gasteiger partial charge on any atom is -0.394 e. The molecule has 0 aliphatic carbocycles. The Kier molecular flexibility index (Phi) is 3.30. The molecule has 1 aliphatic heterocycles. The molecule has 18 heavy (non-hydrogen) atoms. The molecule has 1 saturated heterocycles. The molecule has 100 valence electrons. The van der Waals surface area contributed by atoms with Gasteiger partial charge in [-0.15, -0.1) is 0 Å². The number of nitrogens with zero attached hydrogens (tertiary/aromatic N) is 1. The van der Waals surface area contributed by atoms with Crippen LogP contribution in [-0.4, -0.2) is 49.8 Å². The second-order valence-electron chi connectivity index (χ2n) is 3.85. The smallest absolute Gasteiger partial charge is 0.330 e. The molecule has 4 N–H and O–H groups in total. The van der Waals surface area contributed by atoms with Crippen LogP contribution in [0.3, 0.4) is 0 Å². The van der Waals surface area contributed by atoms with E-state index in [4.69, 9.17) is 9.84 Å². The van der Waals surface area contributed by atoms with E-state index in [0.717, 1.165) is 0 Å². The number of hydrogen-bond acceptors (Lipinski definition) is 6. The first-order valence-electron chi connectivity index (χ1n) is 5.09. The lowest BCUT2D eigenvalue weighted by molar-refractivity contribution is -0.0569. The molecule has 0 bridgehead atoms. The molecule has 0 saturated carbocycles. The van der Waals surface area contributed by atoms with Gasteiger partial charge in [-0.25, -0.2) is 9.36 Å². The van der Waals surface area contributed by atoms with Crippen molar-refractivity contribution in [1.29, 1.82) is 0 Å². The first kappa shape index (κ1) is 12.9. The summed E-state index contributed by atoms with van der Waals surface area (Å²) in [5, 5.41) is 28.0. The van der Waals surface area contributed by atoms with Crippen LogP contribution in [0.1, 0.15) is 6.23 Å². The number of halogens is 1. The van der Waals surface area contributed by atoms with Crippen LogP contribution in [0.5, 0.6) is 0 Å². The third kappa shape index (κ3) is 1.86. The van der Waals surface area contributed by atoms with Gasteiger partial charge >= 0.3 is 5.69 Å². The predicted octanol–water partition coefficient (Wildman–Crippen LogP) is -2.71. The molecule has 1 aliphatic rings. The molecule has 0 spiro atoms. The summed E-state index contributed by atoms with van der Waals surface area (Å²) in [6.45, 7) is -0.614. The number of hydrogen-bond donors (Lipinski definition) is 4. The number of nitrogens with one attached hydrogen (secondary N) is 1. The van der Waals surface area contributed by atoms with Crippen LogP contribution in [0.2, 0.25) is 0 Å². The number of ether oxygens (including phenoxy) is 1. The van der Waals surface area contributed by atoms with Crippen LogP contribution in [0.4, 0.5) is 4.39 Å². The summed E-state index contributed by atoms with van der Waals surface area (Å²) in [6, 6.07) is 0. The zero-order valence-electron chi connectivity index (χ0n) is 8.99. The Morgan fingerprint density at radius 3 is 2.61 bits per heavy atom. The van der Waals surface area contributed by atoms with Crippen LogP contribution < -0.4 is 11.2 Å². The second-order valence-corrected chi connectivity index (χ2v) is 3.85. The van der Waals surface area contributed by atoms with E-state index in [1.54, 1.807) is 0 Å². The van der Waals surface area contributed by atoms with Gasteiger partial charge in [0.25, 0.3) is 5.56 Å². The van der Waals surface area contributed by atoms with E-state index < -0.39 is 48.2 Å². The first-order valence-corrected chi connectivity index (χ1v) is 5.09. The summed E-state index contributed by atoms with van der Waals surface area (Å²) >= 11 is 0. The maximum absolute atomic E-state index is 13.1. The molecule has 0 amide bonds. The van der Waals surface area contributed by atoms with Crippen molar-refractivity contribution in [3.63, 3.8) is 0 Å². The monoisotopic (exact) mass is 262 g/mol. The van der Waals surface area contributed by atoms with Crippen LogP contribution in [0.15, 0.2) is 15.8 Å². The molecule has 0 aromatic carbocycles. The van der Waals surface area contributed by atoms with E-state index in [2.05, 4.69) is 0 Å². The number of aliphatic hydroxyl groups is 3. The minimum atomic E-state index is -1.62. The van der Waals surface area contributed by atoms with Crippen LogP contribution in [0.25, 0.3) is 0 Å². The van der Waals surface area contributed by atoms with Gasteiger partial charge in [-0.05, 0) is 0 Å². The van der Waals surface area contributed by atoms with Crippen molar-refractivity contribution in [2.24, 2.45) is 0 Å². The Labute approximate surface area is 98.9 Å². The summed E-state index contributed by atoms with van der Waals surface area (Å²) in [7, 11) is 0. The normalized spacial score (nSPS) is 31.8. The van der Waals surface area contributed by atoms with E-state index in [1.165, 1.54) is 0 Å². The fourth-order valence-corrected chi connectivity index (χ4v) is 1.79. The molecule has 8 nitrogen and oxygen atoms in total. The van der Waals surface area contributed by atoms with E-state index in [9.17, 15) is 24.2 Å². The quantitative estimate of drug-likeness (QED) is 0.459. The predicted molar refractivity (Wildman–Crippen MR) is 54.3 cm³/mol. The van der Waals surface area contributed by atoms with Crippen LogP contribution >= 0.6 is 0 Å². The van der Waals surface area contributed by atoms with Gasteiger partial charge in [0.2, 0.25) is 5.82 Å². The third-order valence-electron chi connectivity index (χ3n) is 2.74. The van der Waals surface area contributed by atoms with Crippen molar-refractivity contribution in [1.82, 2.24) is 9.55 Å². The number of aliphatic hydroxyl groups excluding tert-OH is 3. The lowest BCUT2D eigenvalue weighted by Gasteiger charge is -2.15. The zero-order valence-corrected chi connectivity index (χ0v) is 8.99. The van der Waals surface area contributed by atoms with Gasteiger partial charge in [-0.1, -0.05) is 0 Å². The highest BCUT2D eigenvalue weighted by Gasteiger charge is 2.44. The summed E-state index contributed by atoms with van der Waals surface area (Å²) < 4.78 is 18.3. The standard InChI is InChI=1S/C9H11FN2O6/c10-3-1-11-9(17)12(7(3)16)8-6(15)5(14)4(2-13)18-8/h1,4-6,8,13-15H,2H2,(H,11,17)/t4-,5-,6-,8+/m0/s1. The first-order chi connectivity index (χ1) is 8.47. The van der Waals surface area contributed by atoms with E-state index >= 15 is 0 Å². The van der Waals surface area contributed by atoms with Crippen molar-refractivity contribution in [2.45, 2.75) is 24.5 Å². The molecular weight excluding hydrogens is 251 g/mol. The third-order valence-corrected chi connectivity index (χ3v) is 2.74. The van der Waals surface area contributed by atoms with Crippen LogP contribution in [0, 0.1) is 5.82 Å². The van der Waals surface area contributed by atoms with Gasteiger partial charge in [0.15, 0.2) is 6.23 Å². The zero-order chi connectivity index (χ0) is 13.4. The lowest BCUT2D eigenvalue weighted by atomic mass is 10.1. The van der Waals surface area contributed by atoms with Gasteiger partial charge in [0, 0.05) is 6.20 Å². The highest BCUT2D eigenvalue weighted by atomic mass is 19.1. The summed E-state index contributed by atoms with van der Waals surface area (Å²) in [4.78, 5) is 24.8. The maximum atomic E-state index is 13.1. The minimum absolute atomic E-state index is 0.318. The number of aromatic nitrogens is 2. The van der Waals surface area contributed by atoms with Gasteiger partial charge in [-0.3, -0.25) is 4.79 Å². The summed E-state index contributed by atoms with van der Waals surface area (Å²) in [6.07, 6.45) is -5.22. The highest BCUT2D eigenvalue weighted by Crippen LogP contribution is 2.27. The lowest BCUT2D eigenvalue weighted by Crippen LogP contribution is -2.43. The van der Waals surface area contributed by atoms with Crippen LogP contribution in [-0.2, 0) is 4.74 Å². The molecule has 1 aromatic rings. The largest absolute Gasteiger partial charge is 0.394 e. The van der Waals surface area contributed by atoms with E-state index in [0.29, 0.717) is 10.8 Å². The average Bonchev–Trinajstić information content (AvgIpc) is 2.62. The van der Waals surface area contributed by atoms with Crippen molar-refractivity contribution in [3.05, 3.63) is 32.9 Å². The summed E-state index contributed by atoms with van der Waals surface area (Å²) in [5.74, 6) is -1.23. The Morgan fingerprint density at radius 1 is 1.39 bits per heavy atom. The highest BCUT2D eigenvalue weighted by molar-refractivity contribution is 4.94. The molecule has 2 heterocycles. The second kappa shape index (κ2) is 4.61. The Hall–Kier alpha value is -1.55. The van der Waals surface area contributed by atoms with Gasteiger partial charge < -0.3 is 25.0 Å². The Balaban J connectivity index is 2.48. The number of H-pyrrole nitrogens is 1. The molecule has 9 heteroatoms. The summed E-state index contributed by atoms with van der Waals surface area (Å²) in [5.41, 5.74) is -2.27. The van der Waals surface area contributed by atoms with Crippen molar-refractivity contribution in [3.8, 4) is 0 Å². The van der Waals surface area contributed by atoms with Gasteiger partial charge in [0.1, 0.15) is 18.3 Å². The van der Waals surface area contributed by atoms with Gasteiger partial charge in [-0.2, -0.15) is 4.39 Å². The average molecular weight is 262 g/mol. The molecule has 1 aromatic heterocycles. The fraction of sp³-hybridized carbons (Fsp3) is 0.556. The fourth-order valence-electron chi connectivity index (χ4n) is 1.79. The number of rotatable bonds is 2. The van der Waals surface area contributed by atoms with E-state index in [1.807, 2.05) is 4.98 Å². The topological polar surface area (TPSA) is 125 Å². The van der Waals surface area contributed by atoms with E-state index in [-0.39, 0.29) is 0 Å². The molecule has 0 radical (unpaired) electrons. The van der Waals surface area contributed by atoms with Gasteiger partial charge in [0.05, 0.1) is 6.61 Å². The Bertz CT molecular complexity index is 555. The maximum Gasteiger partial charge on any atom is 0.330 e. The molecule has 4 atom stereocenters. The molecule has 0 unspecified atom stereocenters. The molecule has 1 fully saturated rings. The number of aromatic amines is 1. The Morgan fingerprint density at radius 2 is 2.06 bits per heavy atom. The SMILES string of the molecule is O=c1[nH]cc(F)c(=O)n1[C@@H]1O[C@@H](CO)[C@H](O)[C@@H]1O.